The third-order valence-corrected chi connectivity index (χ3v) is 4.49. The Morgan fingerprint density at radius 3 is 1.83 bits per heavy atom. The van der Waals surface area contributed by atoms with E-state index >= 15 is 0 Å². The van der Waals surface area contributed by atoms with Crippen LogP contribution < -0.4 is 4.74 Å². The predicted octanol–water partition coefficient (Wildman–Crippen LogP) is 5.49. The molecule has 3 rings (SSSR count). The molecule has 2 aromatic carbocycles. The van der Waals surface area contributed by atoms with Crippen molar-refractivity contribution < 1.29 is 14.2 Å². The zero-order valence-electron chi connectivity index (χ0n) is 13.6. The molecule has 1 heterocycles. The summed E-state index contributed by atoms with van der Waals surface area (Å²) in [7, 11) is 0. The summed E-state index contributed by atoms with van der Waals surface area (Å²) in [6.45, 7) is 7.63. The van der Waals surface area contributed by atoms with Crippen LogP contribution in [0.3, 0.4) is 0 Å². The smallest absolute Gasteiger partial charge is 0.199 e. The number of hydrogen-bond acceptors (Lipinski definition) is 3. The van der Waals surface area contributed by atoms with Crippen molar-refractivity contribution in [3.8, 4) is 11.5 Å². The lowest BCUT2D eigenvalue weighted by molar-refractivity contribution is -0.232. The maximum Gasteiger partial charge on any atom is 0.199 e. The van der Waals surface area contributed by atoms with Crippen molar-refractivity contribution >= 4 is 15.9 Å². The molecule has 0 aliphatic carbocycles. The quantitative estimate of drug-likeness (QED) is 0.708. The number of benzene rings is 2. The van der Waals surface area contributed by atoms with E-state index in [9.17, 15) is 0 Å². The molecule has 4 heteroatoms. The van der Waals surface area contributed by atoms with Gasteiger partial charge in [0.15, 0.2) is 5.79 Å². The van der Waals surface area contributed by atoms with Crippen LogP contribution in [-0.2, 0) is 15.3 Å². The van der Waals surface area contributed by atoms with E-state index in [0.29, 0.717) is 13.2 Å². The van der Waals surface area contributed by atoms with Crippen molar-refractivity contribution in [3.63, 3.8) is 0 Å². The average Bonchev–Trinajstić information content (AvgIpc) is 3.01. The number of halogens is 1. The van der Waals surface area contributed by atoms with E-state index in [1.165, 1.54) is 0 Å². The summed E-state index contributed by atoms with van der Waals surface area (Å²) in [6.07, 6.45) is 0. The van der Waals surface area contributed by atoms with Gasteiger partial charge in [0.05, 0.1) is 13.2 Å². The van der Waals surface area contributed by atoms with E-state index in [1.54, 1.807) is 0 Å². The first kappa shape index (κ1) is 16.5. The van der Waals surface area contributed by atoms with Crippen molar-refractivity contribution in [1.29, 1.82) is 0 Å². The van der Waals surface area contributed by atoms with Gasteiger partial charge in [-0.1, -0.05) is 36.7 Å². The highest BCUT2D eigenvalue weighted by atomic mass is 79.9. The maximum atomic E-state index is 5.99. The molecule has 0 atom stereocenters. The monoisotopic (exact) mass is 376 g/mol. The summed E-state index contributed by atoms with van der Waals surface area (Å²) in [6, 6.07) is 15.7. The van der Waals surface area contributed by atoms with Crippen LogP contribution in [0.2, 0.25) is 0 Å². The Hall–Kier alpha value is -1.36. The van der Waals surface area contributed by atoms with Gasteiger partial charge < -0.3 is 14.2 Å². The fourth-order valence-corrected chi connectivity index (χ4v) is 3.09. The lowest BCUT2D eigenvalue weighted by atomic mass is 9.81. The first-order valence-electron chi connectivity index (χ1n) is 7.73. The van der Waals surface area contributed by atoms with Gasteiger partial charge >= 0.3 is 0 Å². The second-order valence-electron chi connectivity index (χ2n) is 6.64. The molecule has 3 nitrogen and oxygen atoms in total. The number of hydrogen-bond donors (Lipinski definition) is 0. The molecule has 0 spiro atoms. The maximum absolute atomic E-state index is 5.99. The zero-order chi connectivity index (χ0) is 16.5. The summed E-state index contributed by atoms with van der Waals surface area (Å²) >= 11 is 3.42. The Balaban J connectivity index is 1.82. The molecule has 0 unspecified atom stereocenters. The van der Waals surface area contributed by atoms with Gasteiger partial charge in [-0.25, -0.2) is 0 Å². The molecule has 1 aliphatic rings. The van der Waals surface area contributed by atoms with Crippen LogP contribution in [0, 0.1) is 5.41 Å². The Bertz CT molecular complexity index is 651. The van der Waals surface area contributed by atoms with E-state index in [-0.39, 0.29) is 5.41 Å². The molecule has 0 radical (unpaired) electrons. The van der Waals surface area contributed by atoms with E-state index in [2.05, 4.69) is 36.7 Å². The molecule has 0 amide bonds. The third kappa shape index (κ3) is 3.30. The van der Waals surface area contributed by atoms with Crippen molar-refractivity contribution in [2.45, 2.75) is 26.6 Å². The molecule has 2 aromatic rings. The standard InChI is InChI=1S/C19H21BrO3/c1-18(2,3)19(21-12-13-22-19)14-4-8-16(9-5-14)23-17-10-6-15(20)7-11-17/h4-11H,12-13H2,1-3H3. The molecular formula is C19H21BrO3. The van der Waals surface area contributed by atoms with Gasteiger partial charge in [-0.2, -0.15) is 0 Å². The molecule has 0 saturated carbocycles. The van der Waals surface area contributed by atoms with E-state index in [0.717, 1.165) is 21.5 Å². The molecule has 23 heavy (non-hydrogen) atoms. The van der Waals surface area contributed by atoms with Gasteiger partial charge in [-0.15, -0.1) is 0 Å². The molecule has 122 valence electrons. The average molecular weight is 377 g/mol. The highest BCUT2D eigenvalue weighted by molar-refractivity contribution is 9.10. The van der Waals surface area contributed by atoms with Crippen LogP contribution in [0.25, 0.3) is 0 Å². The molecule has 1 aliphatic heterocycles. The largest absolute Gasteiger partial charge is 0.457 e. The van der Waals surface area contributed by atoms with E-state index < -0.39 is 5.79 Å². The van der Waals surface area contributed by atoms with Crippen molar-refractivity contribution in [3.05, 3.63) is 58.6 Å². The normalized spacial score (nSPS) is 17.2. The number of rotatable bonds is 3. The third-order valence-electron chi connectivity index (χ3n) is 3.97. The van der Waals surface area contributed by atoms with Gasteiger partial charge in [-0.05, 0) is 48.5 Å². The molecule has 1 fully saturated rings. The van der Waals surface area contributed by atoms with Crippen molar-refractivity contribution in [2.75, 3.05) is 13.2 Å². The lowest BCUT2D eigenvalue weighted by Crippen LogP contribution is -2.41. The summed E-state index contributed by atoms with van der Waals surface area (Å²) in [5.41, 5.74) is 0.864. The molecular weight excluding hydrogens is 356 g/mol. The van der Waals surface area contributed by atoms with Crippen LogP contribution in [-0.4, -0.2) is 13.2 Å². The second-order valence-corrected chi connectivity index (χ2v) is 7.56. The molecule has 1 saturated heterocycles. The topological polar surface area (TPSA) is 27.7 Å². The first-order chi connectivity index (χ1) is 10.9. The Morgan fingerprint density at radius 2 is 1.35 bits per heavy atom. The first-order valence-corrected chi connectivity index (χ1v) is 8.52. The minimum absolute atomic E-state index is 0.155. The van der Waals surface area contributed by atoms with Gasteiger partial charge in [0.2, 0.25) is 0 Å². The van der Waals surface area contributed by atoms with Crippen LogP contribution in [0.5, 0.6) is 11.5 Å². The summed E-state index contributed by atoms with van der Waals surface area (Å²) in [4.78, 5) is 0. The van der Waals surface area contributed by atoms with Crippen LogP contribution >= 0.6 is 15.9 Å². The van der Waals surface area contributed by atoms with Crippen LogP contribution in [0.15, 0.2) is 53.0 Å². The minimum Gasteiger partial charge on any atom is -0.457 e. The number of ether oxygens (including phenoxy) is 3. The zero-order valence-corrected chi connectivity index (χ0v) is 15.2. The minimum atomic E-state index is -0.691. The van der Waals surface area contributed by atoms with Gasteiger partial charge in [-0.3, -0.25) is 0 Å². The van der Waals surface area contributed by atoms with E-state index in [4.69, 9.17) is 14.2 Å². The summed E-state index contributed by atoms with van der Waals surface area (Å²) in [5, 5.41) is 0. The molecule has 0 bridgehead atoms. The highest BCUT2D eigenvalue weighted by Crippen LogP contribution is 2.46. The Kier molecular flexibility index (Phi) is 4.50. The summed E-state index contributed by atoms with van der Waals surface area (Å²) < 4.78 is 18.9. The Morgan fingerprint density at radius 1 is 0.870 bits per heavy atom. The van der Waals surface area contributed by atoms with E-state index in [1.807, 2.05) is 48.5 Å². The molecule has 0 aromatic heterocycles. The van der Waals surface area contributed by atoms with Crippen LogP contribution in [0.1, 0.15) is 26.3 Å². The van der Waals surface area contributed by atoms with Crippen molar-refractivity contribution in [2.24, 2.45) is 5.41 Å². The second kappa shape index (κ2) is 6.27. The fourth-order valence-electron chi connectivity index (χ4n) is 2.83. The van der Waals surface area contributed by atoms with Gasteiger partial charge in [0.25, 0.3) is 0 Å². The SMILES string of the molecule is CC(C)(C)C1(c2ccc(Oc3ccc(Br)cc3)cc2)OCCO1. The predicted molar refractivity (Wildman–Crippen MR) is 93.7 cm³/mol. The molecule has 0 N–H and O–H groups in total. The Labute approximate surface area is 145 Å². The van der Waals surface area contributed by atoms with Gasteiger partial charge in [0, 0.05) is 15.5 Å². The lowest BCUT2D eigenvalue weighted by Gasteiger charge is -2.39. The summed E-state index contributed by atoms with van der Waals surface area (Å²) in [5.74, 6) is 0.904. The van der Waals surface area contributed by atoms with Gasteiger partial charge in [0.1, 0.15) is 11.5 Å². The fraction of sp³-hybridized carbons (Fsp3) is 0.368. The highest BCUT2D eigenvalue weighted by Gasteiger charge is 2.48. The van der Waals surface area contributed by atoms with Crippen LogP contribution in [0.4, 0.5) is 0 Å². The van der Waals surface area contributed by atoms with Crippen molar-refractivity contribution in [1.82, 2.24) is 0 Å².